The molecule has 1 rings (SSSR count). The van der Waals surface area contributed by atoms with Crippen LogP contribution in [0.4, 0.5) is 13.2 Å². The van der Waals surface area contributed by atoms with E-state index in [-0.39, 0.29) is 17.4 Å². The molecule has 1 aromatic rings. The highest BCUT2D eigenvalue weighted by molar-refractivity contribution is 5.77. The normalized spacial score (nSPS) is 11.6. The van der Waals surface area contributed by atoms with Crippen LogP contribution in [0.3, 0.4) is 0 Å². The third-order valence-electron chi connectivity index (χ3n) is 1.84. The zero-order valence-corrected chi connectivity index (χ0v) is 8.93. The van der Waals surface area contributed by atoms with Crippen molar-refractivity contribution in [3.05, 3.63) is 29.3 Å². The number of nitrogens with one attached hydrogen (secondary N) is 1. The topological polar surface area (TPSA) is 33.1 Å². The Morgan fingerprint density at radius 1 is 1.31 bits per heavy atom. The van der Waals surface area contributed by atoms with Gasteiger partial charge in [-0.15, -0.1) is 0 Å². The molecule has 0 aromatic heterocycles. The summed E-state index contributed by atoms with van der Waals surface area (Å²) in [4.78, 5) is 0. The van der Waals surface area contributed by atoms with Crippen molar-refractivity contribution in [2.75, 3.05) is 0 Å². The molecule has 0 amide bonds. The van der Waals surface area contributed by atoms with Crippen LogP contribution in [0.1, 0.15) is 25.0 Å². The molecule has 0 unspecified atom stereocenters. The lowest BCUT2D eigenvalue weighted by Crippen LogP contribution is -2.13. The summed E-state index contributed by atoms with van der Waals surface area (Å²) in [6.45, 7) is 3.31. The average molecular weight is 231 g/mol. The number of hydrogen-bond acceptors (Lipinski definition) is 2. The van der Waals surface area contributed by atoms with Crippen LogP contribution in [-0.4, -0.2) is 12.3 Å². The Kier molecular flexibility index (Phi) is 3.57. The molecule has 0 saturated carbocycles. The molecular formula is C11H12F3NO. The van der Waals surface area contributed by atoms with E-state index in [0.717, 1.165) is 12.3 Å². The van der Waals surface area contributed by atoms with E-state index in [9.17, 15) is 13.2 Å². The van der Waals surface area contributed by atoms with E-state index < -0.39 is 11.7 Å². The predicted molar refractivity (Wildman–Crippen MR) is 55.1 cm³/mol. The minimum absolute atomic E-state index is 0.198. The molecule has 0 aliphatic heterocycles. The molecule has 0 radical (unpaired) electrons. The van der Waals surface area contributed by atoms with Crippen LogP contribution in [0.25, 0.3) is 0 Å². The summed E-state index contributed by atoms with van der Waals surface area (Å²) < 4.78 is 43.1. The van der Waals surface area contributed by atoms with Gasteiger partial charge in [-0.2, -0.15) is 13.2 Å². The lowest BCUT2D eigenvalue weighted by atomic mass is 10.1. The van der Waals surface area contributed by atoms with Crippen molar-refractivity contribution in [2.45, 2.75) is 26.1 Å². The van der Waals surface area contributed by atoms with Crippen molar-refractivity contribution in [3.63, 3.8) is 0 Å². The fourth-order valence-corrected chi connectivity index (χ4v) is 1.22. The molecule has 88 valence electrons. The van der Waals surface area contributed by atoms with Gasteiger partial charge in [0.1, 0.15) is 5.75 Å². The first-order chi connectivity index (χ1) is 7.34. The monoisotopic (exact) mass is 231 g/mol. The number of halogens is 3. The van der Waals surface area contributed by atoms with Gasteiger partial charge in [-0.05, 0) is 37.6 Å². The van der Waals surface area contributed by atoms with Crippen molar-refractivity contribution < 1.29 is 17.9 Å². The molecule has 0 aliphatic rings. The summed E-state index contributed by atoms with van der Waals surface area (Å²) in [7, 11) is 0. The molecule has 0 spiro atoms. The second-order valence-electron chi connectivity index (χ2n) is 3.56. The quantitative estimate of drug-likeness (QED) is 0.793. The predicted octanol–water partition coefficient (Wildman–Crippen LogP) is 3.49. The fraction of sp³-hybridized carbons (Fsp3) is 0.364. The number of benzene rings is 1. The van der Waals surface area contributed by atoms with Crippen molar-refractivity contribution in [2.24, 2.45) is 0 Å². The van der Waals surface area contributed by atoms with Gasteiger partial charge in [-0.3, -0.25) is 0 Å². The lowest BCUT2D eigenvalue weighted by Gasteiger charge is -2.16. The van der Waals surface area contributed by atoms with E-state index in [1.165, 1.54) is 12.1 Å². The Morgan fingerprint density at radius 3 is 2.38 bits per heavy atom. The number of hydrogen-bond donors (Lipinski definition) is 1. The second kappa shape index (κ2) is 4.55. The Hall–Kier alpha value is -1.52. The summed E-state index contributed by atoms with van der Waals surface area (Å²) in [5.74, 6) is -0.201. The van der Waals surface area contributed by atoms with Crippen LogP contribution >= 0.6 is 0 Å². The van der Waals surface area contributed by atoms with E-state index in [2.05, 4.69) is 0 Å². The van der Waals surface area contributed by atoms with Crippen molar-refractivity contribution >= 4 is 6.21 Å². The summed E-state index contributed by atoms with van der Waals surface area (Å²) >= 11 is 0. The molecule has 0 atom stereocenters. The van der Waals surface area contributed by atoms with E-state index >= 15 is 0 Å². The first-order valence-corrected chi connectivity index (χ1v) is 4.73. The Bertz CT molecular complexity index is 385. The maximum Gasteiger partial charge on any atom is 0.419 e. The van der Waals surface area contributed by atoms with Crippen LogP contribution in [0.2, 0.25) is 0 Å². The van der Waals surface area contributed by atoms with Gasteiger partial charge in [0.15, 0.2) is 0 Å². The van der Waals surface area contributed by atoms with Crippen LogP contribution in [0, 0.1) is 5.41 Å². The number of alkyl halides is 3. The second-order valence-corrected chi connectivity index (χ2v) is 3.56. The van der Waals surface area contributed by atoms with Gasteiger partial charge in [0, 0.05) is 6.21 Å². The van der Waals surface area contributed by atoms with E-state index in [1.54, 1.807) is 13.8 Å². The molecule has 0 heterocycles. The van der Waals surface area contributed by atoms with Gasteiger partial charge in [0.25, 0.3) is 0 Å². The maximum absolute atomic E-state index is 12.7. The van der Waals surface area contributed by atoms with Gasteiger partial charge >= 0.3 is 6.18 Å². The van der Waals surface area contributed by atoms with E-state index in [0.29, 0.717) is 0 Å². The highest BCUT2D eigenvalue weighted by Gasteiger charge is 2.34. The average Bonchev–Trinajstić information content (AvgIpc) is 2.15. The minimum Gasteiger partial charge on any atom is -0.490 e. The van der Waals surface area contributed by atoms with Crippen molar-refractivity contribution in [1.29, 1.82) is 5.41 Å². The number of ether oxygens (including phenoxy) is 1. The van der Waals surface area contributed by atoms with Crippen LogP contribution in [-0.2, 0) is 6.18 Å². The zero-order valence-electron chi connectivity index (χ0n) is 8.93. The minimum atomic E-state index is -4.47. The van der Waals surface area contributed by atoms with Gasteiger partial charge in [0.2, 0.25) is 0 Å². The van der Waals surface area contributed by atoms with Gasteiger partial charge < -0.3 is 10.1 Å². The summed E-state index contributed by atoms with van der Waals surface area (Å²) in [6.07, 6.45) is -3.93. The Morgan fingerprint density at radius 2 is 1.94 bits per heavy atom. The maximum atomic E-state index is 12.7. The smallest absolute Gasteiger partial charge is 0.419 e. The van der Waals surface area contributed by atoms with E-state index in [4.69, 9.17) is 10.1 Å². The van der Waals surface area contributed by atoms with Crippen LogP contribution in [0.15, 0.2) is 18.2 Å². The highest BCUT2D eigenvalue weighted by Crippen LogP contribution is 2.36. The molecule has 1 aromatic carbocycles. The molecule has 2 nitrogen and oxygen atoms in total. The molecule has 16 heavy (non-hydrogen) atoms. The third kappa shape index (κ3) is 2.98. The lowest BCUT2D eigenvalue weighted by molar-refractivity contribution is -0.139. The van der Waals surface area contributed by atoms with Crippen LogP contribution < -0.4 is 4.74 Å². The Balaban J connectivity index is 3.22. The fourth-order valence-electron chi connectivity index (χ4n) is 1.22. The summed E-state index contributed by atoms with van der Waals surface area (Å²) in [5.41, 5.74) is -0.648. The molecule has 5 heteroatoms. The summed E-state index contributed by atoms with van der Waals surface area (Å²) in [6, 6.07) is 3.56. The van der Waals surface area contributed by atoms with Crippen molar-refractivity contribution in [3.8, 4) is 5.75 Å². The molecule has 0 fully saturated rings. The first kappa shape index (κ1) is 12.5. The van der Waals surface area contributed by atoms with Crippen molar-refractivity contribution in [1.82, 2.24) is 0 Å². The van der Waals surface area contributed by atoms with Gasteiger partial charge in [0.05, 0.1) is 11.7 Å². The van der Waals surface area contributed by atoms with Gasteiger partial charge in [-0.1, -0.05) is 0 Å². The third-order valence-corrected chi connectivity index (χ3v) is 1.84. The van der Waals surface area contributed by atoms with Gasteiger partial charge in [-0.25, -0.2) is 0 Å². The molecular weight excluding hydrogens is 219 g/mol. The molecule has 0 saturated heterocycles. The molecule has 1 N–H and O–H groups in total. The molecule has 0 aliphatic carbocycles. The highest BCUT2D eigenvalue weighted by atomic mass is 19.4. The SMILES string of the molecule is CC(C)Oc1ccc(C=N)cc1C(F)(F)F. The molecule has 0 bridgehead atoms. The number of rotatable bonds is 3. The van der Waals surface area contributed by atoms with E-state index in [1.807, 2.05) is 0 Å². The Labute approximate surface area is 91.6 Å². The summed E-state index contributed by atoms with van der Waals surface area (Å²) in [5, 5.41) is 6.92. The first-order valence-electron chi connectivity index (χ1n) is 4.73. The standard InChI is InChI=1S/C11H12F3NO/c1-7(2)16-10-4-3-8(6-15)5-9(10)11(12,13)14/h3-7,15H,1-2H3. The largest absolute Gasteiger partial charge is 0.490 e. The zero-order chi connectivity index (χ0) is 12.3. The van der Waals surface area contributed by atoms with Crippen LogP contribution in [0.5, 0.6) is 5.75 Å².